The van der Waals surface area contributed by atoms with Gasteiger partial charge in [0.25, 0.3) is 0 Å². The monoisotopic (exact) mass is 589 g/mol. The quantitative estimate of drug-likeness (QED) is 0.210. The Hall–Kier alpha value is -3.13. The summed E-state index contributed by atoms with van der Waals surface area (Å²) < 4.78 is 21.2. The van der Waals surface area contributed by atoms with Crippen LogP contribution in [0, 0.1) is 0 Å². The van der Waals surface area contributed by atoms with Crippen LogP contribution in [0.1, 0.15) is 28.7 Å². The largest absolute Gasteiger partial charge is 0.491 e. The molecule has 2 aliphatic rings. The summed E-state index contributed by atoms with van der Waals surface area (Å²) in [5.74, 6) is -0.218. The van der Waals surface area contributed by atoms with Gasteiger partial charge in [-0.15, -0.1) is 0 Å². The highest BCUT2D eigenvalue weighted by Crippen LogP contribution is 2.40. The van der Waals surface area contributed by atoms with Gasteiger partial charge < -0.3 is 18.8 Å². The molecule has 8 heteroatoms. The lowest BCUT2D eigenvalue weighted by atomic mass is 9.99. The molecule has 0 spiro atoms. The maximum Gasteiger partial charge on any atom is 0.215 e. The Morgan fingerprint density at radius 2 is 1.95 bits per heavy atom. The first-order chi connectivity index (χ1) is 20.1. The number of aromatic nitrogens is 2. The predicted octanol–water partition coefficient (Wildman–Crippen LogP) is 7.00. The molecule has 3 aromatic carbocycles. The van der Waals surface area contributed by atoms with Crippen LogP contribution in [0.5, 0.6) is 5.75 Å². The zero-order chi connectivity index (χ0) is 28.1. The number of nitrogens with zero attached hydrogens (tertiary/aromatic N) is 3. The smallest absolute Gasteiger partial charge is 0.215 e. The van der Waals surface area contributed by atoms with Gasteiger partial charge in [0.05, 0.1) is 30.6 Å². The van der Waals surface area contributed by atoms with E-state index in [1.807, 2.05) is 22.9 Å². The third kappa shape index (κ3) is 6.85. The van der Waals surface area contributed by atoms with E-state index in [4.69, 9.17) is 37.4 Å². The predicted molar refractivity (Wildman–Crippen MR) is 162 cm³/mol. The van der Waals surface area contributed by atoms with Crippen molar-refractivity contribution in [2.24, 2.45) is 0 Å². The van der Waals surface area contributed by atoms with Crippen molar-refractivity contribution in [3.63, 3.8) is 0 Å². The van der Waals surface area contributed by atoms with Crippen molar-refractivity contribution < 1.29 is 14.2 Å². The molecule has 1 aromatic heterocycles. The molecule has 1 fully saturated rings. The molecule has 2 unspecified atom stereocenters. The maximum absolute atomic E-state index is 6.64. The van der Waals surface area contributed by atoms with Gasteiger partial charge in [0.2, 0.25) is 5.79 Å². The molecular formula is C33H33Cl2N3O3. The number of hydrogen-bond acceptors (Lipinski definition) is 5. The fourth-order valence-electron chi connectivity index (χ4n) is 5.49. The second-order valence-corrected chi connectivity index (χ2v) is 11.4. The van der Waals surface area contributed by atoms with Crippen molar-refractivity contribution in [3.8, 4) is 5.75 Å². The fraction of sp³-hybridized carbons (Fsp3) is 0.303. The van der Waals surface area contributed by atoms with Gasteiger partial charge in [-0.3, -0.25) is 4.90 Å². The second kappa shape index (κ2) is 12.8. The first kappa shape index (κ1) is 28.0. The van der Waals surface area contributed by atoms with Gasteiger partial charge in [0.15, 0.2) is 0 Å². The molecule has 2 atom stereocenters. The molecule has 6 nitrogen and oxygen atoms in total. The average Bonchev–Trinajstić information content (AvgIpc) is 3.49. The van der Waals surface area contributed by atoms with Gasteiger partial charge in [-0.1, -0.05) is 77.8 Å². The number of imidazole rings is 1. The lowest BCUT2D eigenvalue weighted by molar-refractivity contribution is -0.312. The molecule has 0 amide bonds. The Bertz CT molecular complexity index is 1480. The van der Waals surface area contributed by atoms with Crippen molar-refractivity contribution >= 4 is 29.3 Å². The van der Waals surface area contributed by atoms with Crippen LogP contribution in [0.3, 0.4) is 0 Å². The number of fused-ring (bicyclic) bond motifs is 1. The Morgan fingerprint density at radius 3 is 2.78 bits per heavy atom. The van der Waals surface area contributed by atoms with Crippen LogP contribution in [0.2, 0.25) is 10.0 Å². The zero-order valence-electron chi connectivity index (χ0n) is 22.8. The van der Waals surface area contributed by atoms with Crippen LogP contribution in [-0.4, -0.2) is 46.9 Å². The first-order valence-corrected chi connectivity index (χ1v) is 14.7. The van der Waals surface area contributed by atoms with E-state index in [0.29, 0.717) is 36.2 Å². The van der Waals surface area contributed by atoms with Gasteiger partial charge in [0.1, 0.15) is 12.4 Å². The Balaban J connectivity index is 1.09. The first-order valence-electron chi connectivity index (χ1n) is 14.0. The molecule has 4 aromatic rings. The Kier molecular flexibility index (Phi) is 8.75. The van der Waals surface area contributed by atoms with E-state index in [0.717, 1.165) is 37.4 Å². The molecule has 1 saturated heterocycles. The van der Waals surface area contributed by atoms with Gasteiger partial charge in [-0.2, -0.15) is 0 Å². The average molecular weight is 591 g/mol. The minimum absolute atomic E-state index is 0.179. The number of halogens is 2. The summed E-state index contributed by atoms with van der Waals surface area (Å²) in [6.07, 6.45) is 11.3. The Labute approximate surface area is 251 Å². The SMILES string of the molecule is Clc1ccc(C2(Cn3ccnc3)OCCC(COc3ccc4c(c3)CCN(C/C=C\c3ccccc3)C4)O2)c(Cl)c1. The standard InChI is InChI=1S/C33H33Cl2N3O3/c34-28-9-11-31(32(35)20-28)33(23-38-17-14-36-24-38)40-18-13-30(41-33)22-39-29-10-8-27-21-37(16-12-26(27)19-29)15-4-7-25-5-2-1-3-6-25/h1-11,14,17,19-20,24,30H,12-13,15-16,18,21-23H2/b7-4-. The van der Waals surface area contributed by atoms with E-state index >= 15 is 0 Å². The summed E-state index contributed by atoms with van der Waals surface area (Å²) in [5, 5.41) is 1.06. The highest BCUT2D eigenvalue weighted by molar-refractivity contribution is 6.35. The molecule has 6 rings (SSSR count). The number of ether oxygens (including phenoxy) is 3. The number of benzene rings is 3. The molecule has 212 valence electrons. The summed E-state index contributed by atoms with van der Waals surface area (Å²) in [6.45, 7) is 4.23. The molecule has 2 aliphatic heterocycles. The summed E-state index contributed by atoms with van der Waals surface area (Å²) in [6, 6.07) is 22.3. The lowest BCUT2D eigenvalue weighted by Crippen LogP contribution is -2.47. The molecule has 0 N–H and O–H groups in total. The normalized spacial score (nSPS) is 21.2. The fourth-order valence-corrected chi connectivity index (χ4v) is 6.04. The van der Waals surface area contributed by atoms with Gasteiger partial charge in [0, 0.05) is 49.0 Å². The van der Waals surface area contributed by atoms with E-state index in [1.165, 1.54) is 16.7 Å². The minimum Gasteiger partial charge on any atom is -0.491 e. The highest BCUT2D eigenvalue weighted by atomic mass is 35.5. The van der Waals surface area contributed by atoms with Crippen molar-refractivity contribution in [2.45, 2.75) is 37.8 Å². The van der Waals surface area contributed by atoms with Crippen LogP contribution in [-0.2, 0) is 34.8 Å². The third-order valence-electron chi connectivity index (χ3n) is 7.60. The second-order valence-electron chi connectivity index (χ2n) is 10.5. The van der Waals surface area contributed by atoms with Crippen LogP contribution >= 0.6 is 23.2 Å². The summed E-state index contributed by atoms with van der Waals surface area (Å²) in [7, 11) is 0. The van der Waals surface area contributed by atoms with Gasteiger partial charge in [-0.25, -0.2) is 4.98 Å². The van der Waals surface area contributed by atoms with E-state index in [2.05, 4.69) is 64.5 Å². The maximum atomic E-state index is 6.64. The van der Waals surface area contributed by atoms with E-state index in [1.54, 1.807) is 24.7 Å². The van der Waals surface area contributed by atoms with Crippen LogP contribution in [0.15, 0.2) is 91.5 Å². The van der Waals surface area contributed by atoms with E-state index in [9.17, 15) is 0 Å². The zero-order valence-corrected chi connectivity index (χ0v) is 24.3. The van der Waals surface area contributed by atoms with E-state index in [-0.39, 0.29) is 6.10 Å². The highest BCUT2D eigenvalue weighted by Gasteiger charge is 2.42. The molecule has 0 saturated carbocycles. The van der Waals surface area contributed by atoms with Gasteiger partial charge >= 0.3 is 0 Å². The molecule has 0 bridgehead atoms. The third-order valence-corrected chi connectivity index (χ3v) is 8.15. The molecule has 0 aliphatic carbocycles. The molecular weight excluding hydrogens is 557 g/mol. The molecule has 3 heterocycles. The summed E-state index contributed by atoms with van der Waals surface area (Å²) in [5.41, 5.74) is 4.67. The van der Waals surface area contributed by atoms with Crippen LogP contribution in [0.25, 0.3) is 6.08 Å². The van der Waals surface area contributed by atoms with Crippen molar-refractivity contribution in [2.75, 3.05) is 26.3 Å². The van der Waals surface area contributed by atoms with Crippen LogP contribution < -0.4 is 4.74 Å². The number of hydrogen-bond donors (Lipinski definition) is 0. The van der Waals surface area contributed by atoms with Crippen molar-refractivity contribution in [3.05, 3.63) is 124 Å². The lowest BCUT2D eigenvalue weighted by Gasteiger charge is -2.41. The Morgan fingerprint density at radius 1 is 1.05 bits per heavy atom. The molecule has 41 heavy (non-hydrogen) atoms. The number of rotatable bonds is 9. The topological polar surface area (TPSA) is 48.8 Å². The molecule has 0 radical (unpaired) electrons. The summed E-state index contributed by atoms with van der Waals surface area (Å²) in [4.78, 5) is 6.65. The van der Waals surface area contributed by atoms with E-state index < -0.39 is 5.79 Å². The summed E-state index contributed by atoms with van der Waals surface area (Å²) >= 11 is 12.8. The van der Waals surface area contributed by atoms with Crippen molar-refractivity contribution in [1.82, 2.24) is 14.5 Å². The van der Waals surface area contributed by atoms with Crippen LogP contribution in [0.4, 0.5) is 0 Å². The van der Waals surface area contributed by atoms with Gasteiger partial charge in [-0.05, 0) is 47.4 Å². The minimum atomic E-state index is -1.08. The van der Waals surface area contributed by atoms with Crippen molar-refractivity contribution in [1.29, 1.82) is 0 Å².